The molecule has 0 bridgehead atoms. The molecule has 2 heterocycles. The van der Waals surface area contributed by atoms with E-state index < -0.39 is 18.4 Å². The van der Waals surface area contributed by atoms with Gasteiger partial charge in [-0.2, -0.15) is 0 Å². The second-order valence-corrected chi connectivity index (χ2v) is 6.02. The van der Waals surface area contributed by atoms with Crippen molar-refractivity contribution >= 4 is 57.2 Å². The molecule has 5 nitrogen and oxygen atoms in total. The molecule has 1 amide bonds. The maximum atomic E-state index is 12.1. The Balaban J connectivity index is 1.91. The third-order valence-corrected chi connectivity index (χ3v) is 4.26. The van der Waals surface area contributed by atoms with E-state index in [2.05, 4.69) is 0 Å². The zero-order valence-electron chi connectivity index (χ0n) is 10.6. The second kappa shape index (κ2) is 5.34. The minimum atomic E-state index is -1.10. The number of carbonyl (C=O) groups excluding carboxylic acids is 1. The van der Waals surface area contributed by atoms with E-state index in [0.717, 1.165) is 27.6 Å². The van der Waals surface area contributed by atoms with Crippen LogP contribution in [-0.4, -0.2) is 32.7 Å². The molecule has 1 saturated heterocycles. The molecule has 1 aliphatic rings. The summed E-state index contributed by atoms with van der Waals surface area (Å²) >= 11 is 6.10. The van der Waals surface area contributed by atoms with Crippen molar-refractivity contribution in [1.82, 2.24) is 4.90 Å². The third-order valence-electron chi connectivity index (χ3n) is 2.88. The largest absolute Gasteiger partial charge is 0.480 e. The molecular weight excluding hydrogens is 310 g/mol. The monoisotopic (exact) mass is 319 g/mol. The zero-order valence-corrected chi connectivity index (χ0v) is 12.2. The van der Waals surface area contributed by atoms with E-state index in [0.29, 0.717) is 10.7 Å². The number of hydrogen-bond acceptors (Lipinski definition) is 5. The number of thioether (sulfide) groups is 1. The van der Waals surface area contributed by atoms with Gasteiger partial charge in [0.05, 0.1) is 4.91 Å². The summed E-state index contributed by atoms with van der Waals surface area (Å²) in [5, 5.41) is 9.71. The van der Waals surface area contributed by atoms with Crippen molar-refractivity contribution in [2.75, 3.05) is 6.54 Å². The Kier molecular flexibility index (Phi) is 3.52. The summed E-state index contributed by atoms with van der Waals surface area (Å²) in [6.45, 7) is -0.428. The highest BCUT2D eigenvalue weighted by Crippen LogP contribution is 2.33. The first-order valence-corrected chi connectivity index (χ1v) is 7.23. The van der Waals surface area contributed by atoms with Crippen LogP contribution in [-0.2, 0) is 9.59 Å². The van der Waals surface area contributed by atoms with Gasteiger partial charge in [-0.1, -0.05) is 42.2 Å². The van der Waals surface area contributed by atoms with Gasteiger partial charge in [0.2, 0.25) is 0 Å². The lowest BCUT2D eigenvalue weighted by Crippen LogP contribution is -2.33. The van der Waals surface area contributed by atoms with E-state index in [9.17, 15) is 9.59 Å². The maximum Gasteiger partial charge on any atom is 0.323 e. The first-order chi connectivity index (χ1) is 10.0. The molecule has 3 rings (SSSR count). The third kappa shape index (κ3) is 2.70. The summed E-state index contributed by atoms with van der Waals surface area (Å²) < 4.78 is 5.85. The van der Waals surface area contributed by atoms with Crippen molar-refractivity contribution in [3.8, 4) is 0 Å². The first kappa shape index (κ1) is 13.8. The Morgan fingerprint density at radius 2 is 2.19 bits per heavy atom. The van der Waals surface area contributed by atoms with Gasteiger partial charge in [-0.25, -0.2) is 0 Å². The van der Waals surface area contributed by atoms with Crippen LogP contribution in [0, 0.1) is 0 Å². The molecule has 1 N–H and O–H groups in total. The summed E-state index contributed by atoms with van der Waals surface area (Å²) in [6.07, 6.45) is 1.58. The first-order valence-electron chi connectivity index (χ1n) is 6.00. The number of hydrogen-bond donors (Lipinski definition) is 1. The number of furan rings is 1. The molecule has 1 fully saturated rings. The van der Waals surface area contributed by atoms with Gasteiger partial charge in [0, 0.05) is 11.5 Å². The van der Waals surface area contributed by atoms with E-state index in [1.54, 1.807) is 6.08 Å². The molecular formula is C14H9NO4S2. The lowest BCUT2D eigenvalue weighted by molar-refractivity contribution is -0.140. The number of nitrogens with zero attached hydrogens (tertiary/aromatic N) is 1. The lowest BCUT2D eigenvalue weighted by atomic mass is 10.2. The van der Waals surface area contributed by atoms with Gasteiger partial charge in [0.1, 0.15) is 22.2 Å². The Labute approximate surface area is 129 Å². The number of benzene rings is 1. The highest BCUT2D eigenvalue weighted by Gasteiger charge is 2.33. The molecule has 0 unspecified atom stereocenters. The van der Waals surface area contributed by atoms with E-state index >= 15 is 0 Å². The van der Waals surface area contributed by atoms with Gasteiger partial charge < -0.3 is 9.52 Å². The Bertz CT molecular complexity index is 760. The Morgan fingerprint density at radius 3 is 2.90 bits per heavy atom. The highest BCUT2D eigenvalue weighted by atomic mass is 32.2. The minimum absolute atomic E-state index is 0.241. The number of aliphatic carboxylic acids is 1. The lowest BCUT2D eigenvalue weighted by Gasteiger charge is -2.09. The van der Waals surface area contributed by atoms with E-state index in [4.69, 9.17) is 21.7 Å². The standard InChI is InChI=1S/C14H9NO4S2/c16-12(17)7-15-13(18)11(21-14(15)20)6-9-5-8-3-1-2-4-10(8)19-9/h1-6H,7H2,(H,16,17). The minimum Gasteiger partial charge on any atom is -0.480 e. The van der Waals surface area contributed by atoms with E-state index in [1.807, 2.05) is 30.3 Å². The average Bonchev–Trinajstić information content (AvgIpc) is 2.94. The summed E-state index contributed by atoms with van der Waals surface area (Å²) in [7, 11) is 0. The number of carboxylic acids is 1. The maximum absolute atomic E-state index is 12.1. The van der Waals surface area contributed by atoms with Crippen LogP contribution < -0.4 is 0 Å². The van der Waals surface area contributed by atoms with Crippen LogP contribution in [0.4, 0.5) is 0 Å². The number of fused-ring (bicyclic) bond motifs is 1. The topological polar surface area (TPSA) is 70.8 Å². The fraction of sp³-hybridized carbons (Fsp3) is 0.0714. The number of rotatable bonds is 3. The highest BCUT2D eigenvalue weighted by molar-refractivity contribution is 8.26. The van der Waals surface area contributed by atoms with Crippen LogP contribution in [0.3, 0.4) is 0 Å². The Hall–Kier alpha value is -2.12. The summed E-state index contributed by atoms with van der Waals surface area (Å²) in [5.41, 5.74) is 0.727. The average molecular weight is 319 g/mol. The van der Waals surface area contributed by atoms with Crippen LogP contribution in [0.1, 0.15) is 5.76 Å². The van der Waals surface area contributed by atoms with Crippen LogP contribution >= 0.6 is 24.0 Å². The van der Waals surface area contributed by atoms with Gasteiger partial charge in [0.15, 0.2) is 0 Å². The Morgan fingerprint density at radius 1 is 1.43 bits per heavy atom. The normalized spacial score (nSPS) is 17.1. The van der Waals surface area contributed by atoms with Crippen molar-refractivity contribution < 1.29 is 19.1 Å². The molecule has 106 valence electrons. The van der Waals surface area contributed by atoms with Gasteiger partial charge >= 0.3 is 5.97 Å². The second-order valence-electron chi connectivity index (χ2n) is 4.35. The van der Waals surface area contributed by atoms with Crippen LogP contribution in [0.15, 0.2) is 39.7 Å². The fourth-order valence-electron chi connectivity index (χ4n) is 1.97. The summed E-state index contributed by atoms with van der Waals surface area (Å²) in [6, 6.07) is 9.32. The predicted molar refractivity (Wildman–Crippen MR) is 83.7 cm³/mol. The van der Waals surface area contributed by atoms with Crippen LogP contribution in [0.2, 0.25) is 0 Å². The summed E-state index contributed by atoms with van der Waals surface area (Å²) in [4.78, 5) is 24.3. The molecule has 1 aromatic carbocycles. The number of carbonyl (C=O) groups is 2. The fourth-order valence-corrected chi connectivity index (χ4v) is 3.21. The van der Waals surface area contributed by atoms with Crippen molar-refractivity contribution in [3.63, 3.8) is 0 Å². The van der Waals surface area contributed by atoms with Gasteiger partial charge in [-0.05, 0) is 12.1 Å². The van der Waals surface area contributed by atoms with E-state index in [-0.39, 0.29) is 4.32 Å². The molecule has 7 heteroatoms. The summed E-state index contributed by atoms with van der Waals surface area (Å²) in [5.74, 6) is -0.976. The number of carboxylic acid groups (broad SMARTS) is 1. The number of thiocarbonyl (C=S) groups is 1. The van der Waals surface area contributed by atoms with Gasteiger partial charge in [0.25, 0.3) is 5.91 Å². The number of para-hydroxylation sites is 1. The van der Waals surface area contributed by atoms with Gasteiger partial charge in [-0.15, -0.1) is 0 Å². The van der Waals surface area contributed by atoms with Crippen molar-refractivity contribution in [1.29, 1.82) is 0 Å². The molecule has 0 saturated carbocycles. The molecule has 1 aliphatic heterocycles. The molecule has 2 aromatic rings. The van der Waals surface area contributed by atoms with Crippen LogP contribution in [0.25, 0.3) is 17.0 Å². The van der Waals surface area contributed by atoms with Crippen molar-refractivity contribution in [2.45, 2.75) is 0 Å². The molecule has 0 aliphatic carbocycles. The number of amides is 1. The smallest absolute Gasteiger partial charge is 0.323 e. The predicted octanol–water partition coefficient (Wildman–Crippen LogP) is 2.72. The molecule has 1 aromatic heterocycles. The van der Waals surface area contributed by atoms with Crippen LogP contribution in [0.5, 0.6) is 0 Å². The van der Waals surface area contributed by atoms with Gasteiger partial charge in [-0.3, -0.25) is 14.5 Å². The zero-order chi connectivity index (χ0) is 15.0. The molecule has 0 radical (unpaired) electrons. The van der Waals surface area contributed by atoms with Crippen molar-refractivity contribution in [3.05, 3.63) is 41.0 Å². The molecule has 21 heavy (non-hydrogen) atoms. The quantitative estimate of drug-likeness (QED) is 0.693. The SMILES string of the molecule is O=C(O)CN1C(=O)C(=Cc2cc3ccccc3o2)SC1=S. The van der Waals surface area contributed by atoms with E-state index in [1.165, 1.54) is 0 Å². The molecule has 0 atom stereocenters. The van der Waals surface area contributed by atoms with Crippen molar-refractivity contribution in [2.24, 2.45) is 0 Å². The molecule has 0 spiro atoms.